The van der Waals surface area contributed by atoms with Crippen molar-refractivity contribution in [3.8, 4) is 44.9 Å². The van der Waals surface area contributed by atoms with Crippen LogP contribution in [-0.2, 0) is 0 Å². The minimum absolute atomic E-state index is 0.969. The number of para-hydroxylation sites is 3. The van der Waals surface area contributed by atoms with Crippen LogP contribution in [0.5, 0.6) is 0 Å². The van der Waals surface area contributed by atoms with Crippen LogP contribution in [0, 0.1) is 0 Å². The average Bonchev–Trinajstić information content (AvgIpc) is 3.83. The Hall–Kier alpha value is -6.97. The Morgan fingerprint density at radius 2 is 0.962 bits per heavy atom. The predicted octanol–water partition coefficient (Wildman–Crippen LogP) is 12.9. The Labute approximate surface area is 299 Å². The van der Waals surface area contributed by atoms with Gasteiger partial charge in [-0.05, 0) is 93.2 Å². The summed E-state index contributed by atoms with van der Waals surface area (Å²) in [6.45, 7) is 0. The number of benzene rings is 8. The van der Waals surface area contributed by atoms with Crippen LogP contribution in [0.2, 0.25) is 0 Å². The number of fused-ring (bicyclic) bond motifs is 10. The first kappa shape index (κ1) is 27.8. The van der Waals surface area contributed by atoms with E-state index >= 15 is 0 Å². The molecule has 1 aliphatic carbocycles. The van der Waals surface area contributed by atoms with Gasteiger partial charge in [0.05, 0.1) is 22.1 Å². The van der Waals surface area contributed by atoms with Crippen LogP contribution < -0.4 is 0 Å². The van der Waals surface area contributed by atoms with Crippen molar-refractivity contribution in [1.82, 2.24) is 14.1 Å². The number of pyridine rings is 1. The largest absolute Gasteiger partial charge is 0.309 e. The second-order valence-corrected chi connectivity index (χ2v) is 14.0. The Balaban J connectivity index is 1.04. The van der Waals surface area contributed by atoms with Crippen molar-refractivity contribution in [1.29, 1.82) is 0 Å². The maximum Gasteiger partial charge on any atom is 0.145 e. The summed E-state index contributed by atoms with van der Waals surface area (Å²) < 4.78 is 4.75. The second-order valence-electron chi connectivity index (χ2n) is 14.0. The summed E-state index contributed by atoms with van der Waals surface area (Å²) in [5.41, 5.74) is 13.4. The fourth-order valence-corrected chi connectivity index (χ4v) is 8.98. The molecule has 3 heteroatoms. The van der Waals surface area contributed by atoms with Crippen LogP contribution in [0.3, 0.4) is 0 Å². The fourth-order valence-electron chi connectivity index (χ4n) is 8.98. The molecule has 0 radical (unpaired) electrons. The molecular formula is C49H29N3. The smallest absolute Gasteiger partial charge is 0.145 e. The van der Waals surface area contributed by atoms with Gasteiger partial charge < -0.3 is 4.57 Å². The van der Waals surface area contributed by atoms with Crippen molar-refractivity contribution in [2.24, 2.45) is 0 Å². The molecule has 3 nitrogen and oxygen atoms in total. The first-order valence-corrected chi connectivity index (χ1v) is 17.9. The Morgan fingerprint density at radius 3 is 1.79 bits per heavy atom. The van der Waals surface area contributed by atoms with Crippen LogP contribution in [-0.4, -0.2) is 14.1 Å². The zero-order chi connectivity index (χ0) is 33.9. The van der Waals surface area contributed by atoms with Crippen molar-refractivity contribution >= 4 is 65.2 Å². The standard InChI is InChI=1S/C49H29N3/c1-2-11-34(12-3-1)51-44-19-8-6-16-38(44)42-27-33-25-30(21-22-32(33)28-47(42)51)31-23-24-46-41(26-31)37-15-7-9-20-45(37)52(46)49-40-18-10-17-39-35-13-4-5-14-36(35)43(29-50-49)48(39)40/h1-29H. The average molecular weight is 660 g/mol. The maximum absolute atomic E-state index is 5.20. The van der Waals surface area contributed by atoms with Gasteiger partial charge in [0, 0.05) is 49.8 Å². The van der Waals surface area contributed by atoms with Crippen molar-refractivity contribution < 1.29 is 0 Å². The van der Waals surface area contributed by atoms with Crippen LogP contribution in [0.25, 0.3) is 110 Å². The van der Waals surface area contributed by atoms with E-state index in [1.807, 2.05) is 0 Å². The van der Waals surface area contributed by atoms with E-state index < -0.39 is 0 Å². The highest BCUT2D eigenvalue weighted by atomic mass is 15.1. The summed E-state index contributed by atoms with van der Waals surface area (Å²) >= 11 is 0. The molecule has 0 N–H and O–H groups in total. The van der Waals surface area contributed by atoms with Crippen molar-refractivity contribution in [3.05, 3.63) is 176 Å². The monoisotopic (exact) mass is 659 g/mol. The molecule has 8 aromatic carbocycles. The van der Waals surface area contributed by atoms with Gasteiger partial charge >= 0.3 is 0 Å². The molecule has 0 atom stereocenters. The number of rotatable bonds is 3. The Morgan fingerprint density at radius 1 is 0.346 bits per heavy atom. The molecule has 240 valence electrons. The molecule has 0 spiro atoms. The summed E-state index contributed by atoms with van der Waals surface area (Å²) in [5, 5.41) is 9.91. The summed E-state index contributed by atoms with van der Waals surface area (Å²) in [5.74, 6) is 0.969. The number of nitrogens with zero attached hydrogens (tertiary/aromatic N) is 3. The molecule has 0 amide bonds. The van der Waals surface area contributed by atoms with E-state index in [0.717, 1.165) is 16.9 Å². The highest BCUT2D eigenvalue weighted by Gasteiger charge is 2.24. The van der Waals surface area contributed by atoms with Gasteiger partial charge in [0.25, 0.3) is 0 Å². The van der Waals surface area contributed by atoms with Gasteiger partial charge in [-0.25, -0.2) is 4.98 Å². The lowest BCUT2D eigenvalue weighted by Crippen LogP contribution is -1.99. The third kappa shape index (κ3) is 3.72. The third-order valence-electron chi connectivity index (χ3n) is 11.3. The quantitative estimate of drug-likeness (QED) is 0.185. The third-order valence-corrected chi connectivity index (χ3v) is 11.3. The topological polar surface area (TPSA) is 22.8 Å². The molecule has 52 heavy (non-hydrogen) atoms. The minimum Gasteiger partial charge on any atom is -0.309 e. The normalized spacial score (nSPS) is 12.2. The molecule has 0 fully saturated rings. The van der Waals surface area contributed by atoms with Crippen LogP contribution in [0.15, 0.2) is 176 Å². The van der Waals surface area contributed by atoms with Gasteiger partial charge in [0.15, 0.2) is 0 Å². The first-order chi connectivity index (χ1) is 25.8. The van der Waals surface area contributed by atoms with Gasteiger partial charge in [-0.15, -0.1) is 0 Å². The first-order valence-electron chi connectivity index (χ1n) is 17.9. The van der Waals surface area contributed by atoms with Gasteiger partial charge in [-0.3, -0.25) is 4.57 Å². The van der Waals surface area contributed by atoms with Crippen LogP contribution >= 0.6 is 0 Å². The van der Waals surface area contributed by atoms with E-state index in [9.17, 15) is 0 Å². The zero-order valence-electron chi connectivity index (χ0n) is 28.1. The SMILES string of the molecule is c1ccc(-n2c3ccccc3c3cc4cc(-c5ccc6c(c5)c5ccccc5n6-c5ncc6c7c(cccc57)-c5ccccc5-6)ccc4cc32)cc1. The van der Waals surface area contributed by atoms with Crippen LogP contribution in [0.1, 0.15) is 0 Å². The summed E-state index contributed by atoms with van der Waals surface area (Å²) in [6, 6.07) is 62.0. The number of hydrogen-bond acceptors (Lipinski definition) is 1. The van der Waals surface area contributed by atoms with Gasteiger partial charge in [-0.2, -0.15) is 0 Å². The Bertz CT molecular complexity index is 3260. The van der Waals surface area contributed by atoms with Crippen molar-refractivity contribution in [2.75, 3.05) is 0 Å². The summed E-state index contributed by atoms with van der Waals surface area (Å²) in [6.07, 6.45) is 2.07. The fraction of sp³-hybridized carbons (Fsp3) is 0. The second kappa shape index (κ2) is 10.3. The lowest BCUT2D eigenvalue weighted by atomic mass is 9.98. The molecule has 3 heterocycles. The summed E-state index contributed by atoms with van der Waals surface area (Å²) in [4.78, 5) is 5.20. The molecule has 12 rings (SSSR count). The molecule has 0 saturated heterocycles. The van der Waals surface area contributed by atoms with Crippen LogP contribution in [0.4, 0.5) is 0 Å². The Kier molecular flexibility index (Phi) is 5.50. The molecule has 0 aliphatic heterocycles. The predicted molar refractivity (Wildman–Crippen MR) is 218 cm³/mol. The van der Waals surface area contributed by atoms with E-state index in [0.29, 0.717) is 0 Å². The number of aromatic nitrogens is 3. The lowest BCUT2D eigenvalue weighted by molar-refractivity contribution is 1.10. The van der Waals surface area contributed by atoms with E-state index in [1.54, 1.807) is 0 Å². The molecule has 11 aromatic rings. The van der Waals surface area contributed by atoms with E-state index in [-0.39, 0.29) is 0 Å². The maximum atomic E-state index is 5.20. The molecular weight excluding hydrogens is 631 g/mol. The summed E-state index contributed by atoms with van der Waals surface area (Å²) in [7, 11) is 0. The van der Waals surface area contributed by atoms with E-state index in [1.165, 1.54) is 93.2 Å². The van der Waals surface area contributed by atoms with E-state index in [2.05, 4.69) is 185 Å². The van der Waals surface area contributed by atoms with Crippen molar-refractivity contribution in [2.45, 2.75) is 0 Å². The molecule has 0 bridgehead atoms. The van der Waals surface area contributed by atoms with Gasteiger partial charge in [0.2, 0.25) is 0 Å². The highest BCUT2D eigenvalue weighted by Crippen LogP contribution is 2.48. The molecule has 1 aliphatic rings. The molecule has 0 unspecified atom stereocenters. The van der Waals surface area contributed by atoms with Gasteiger partial charge in [-0.1, -0.05) is 115 Å². The molecule has 3 aromatic heterocycles. The zero-order valence-corrected chi connectivity index (χ0v) is 28.1. The van der Waals surface area contributed by atoms with Crippen molar-refractivity contribution in [3.63, 3.8) is 0 Å². The number of hydrogen-bond donors (Lipinski definition) is 0. The van der Waals surface area contributed by atoms with E-state index in [4.69, 9.17) is 4.98 Å². The molecule has 0 saturated carbocycles. The minimum atomic E-state index is 0.969. The lowest BCUT2D eigenvalue weighted by Gasteiger charge is -2.12. The highest BCUT2D eigenvalue weighted by molar-refractivity contribution is 6.18. The van der Waals surface area contributed by atoms with Gasteiger partial charge in [0.1, 0.15) is 5.82 Å².